The molecule has 1 aromatic rings. The van der Waals surface area contributed by atoms with Gasteiger partial charge in [0.05, 0.1) is 6.04 Å². The van der Waals surface area contributed by atoms with Crippen LogP contribution in [0.1, 0.15) is 38.7 Å². The fourth-order valence-electron chi connectivity index (χ4n) is 2.59. The van der Waals surface area contributed by atoms with Gasteiger partial charge in [0.1, 0.15) is 0 Å². The summed E-state index contributed by atoms with van der Waals surface area (Å²) in [5, 5.41) is 3.03. The maximum atomic E-state index is 12.0. The second-order valence-corrected chi connectivity index (χ2v) is 7.07. The van der Waals surface area contributed by atoms with E-state index in [-0.39, 0.29) is 23.7 Å². The zero-order valence-corrected chi connectivity index (χ0v) is 15.0. The number of benzene rings is 1. The number of hydrogen-bond donors (Lipinski definition) is 2. The fourth-order valence-corrected chi connectivity index (χ4v) is 3.29. The Balaban J connectivity index is 0.00000220. The Bertz CT molecular complexity index is 489. The Hall–Kier alpha value is -0.580. The van der Waals surface area contributed by atoms with Gasteiger partial charge in [0, 0.05) is 16.4 Å². The predicted octanol–water partition coefficient (Wildman–Crippen LogP) is 3.39. The average Bonchev–Trinajstić information content (AvgIpc) is 3.16. The molecular weight excluding hydrogens is 352 g/mol. The van der Waals surface area contributed by atoms with Gasteiger partial charge in [-0.25, -0.2) is 0 Å². The first-order valence-electron chi connectivity index (χ1n) is 7.23. The molecule has 0 radical (unpaired) electrons. The van der Waals surface area contributed by atoms with Gasteiger partial charge in [-0.05, 0) is 36.8 Å². The van der Waals surface area contributed by atoms with Gasteiger partial charge in [-0.3, -0.25) is 4.79 Å². The molecule has 0 aliphatic heterocycles. The molecule has 5 heteroatoms. The van der Waals surface area contributed by atoms with E-state index in [0.29, 0.717) is 12.5 Å². The number of rotatable bonds is 6. The summed E-state index contributed by atoms with van der Waals surface area (Å²) in [6.45, 7) is 4.84. The first kappa shape index (κ1) is 18.5. The van der Waals surface area contributed by atoms with Crippen LogP contribution >= 0.6 is 28.3 Å². The van der Waals surface area contributed by atoms with Gasteiger partial charge in [0.2, 0.25) is 5.91 Å². The van der Waals surface area contributed by atoms with E-state index in [1.165, 1.54) is 5.56 Å². The van der Waals surface area contributed by atoms with E-state index < -0.39 is 6.04 Å². The Morgan fingerprint density at radius 3 is 2.52 bits per heavy atom. The molecule has 3 N–H and O–H groups in total. The van der Waals surface area contributed by atoms with Crippen LogP contribution in [0.15, 0.2) is 28.7 Å². The second kappa shape index (κ2) is 7.61. The summed E-state index contributed by atoms with van der Waals surface area (Å²) in [4.78, 5) is 12.0. The number of nitrogens with two attached hydrogens (primary N) is 1. The highest BCUT2D eigenvalue weighted by molar-refractivity contribution is 9.10. The number of hydrogen-bond acceptors (Lipinski definition) is 2. The molecule has 1 aromatic carbocycles. The molecule has 0 saturated heterocycles. The second-order valence-electron chi connectivity index (χ2n) is 6.21. The molecule has 1 aliphatic rings. The first-order chi connectivity index (χ1) is 9.44. The van der Waals surface area contributed by atoms with E-state index in [1.807, 2.05) is 12.1 Å². The van der Waals surface area contributed by atoms with Gasteiger partial charge in [-0.2, -0.15) is 0 Å². The van der Waals surface area contributed by atoms with Crippen molar-refractivity contribution in [1.82, 2.24) is 5.32 Å². The highest BCUT2D eigenvalue weighted by Crippen LogP contribution is 2.49. The SMILES string of the molecule is CC(C)C[C@H](N)C(=O)NCC1(c2ccccc2Br)CC1.Cl. The van der Waals surface area contributed by atoms with E-state index in [1.54, 1.807) is 0 Å². The van der Waals surface area contributed by atoms with Crippen LogP contribution < -0.4 is 11.1 Å². The number of halogens is 2. The van der Waals surface area contributed by atoms with Crippen LogP contribution in [0.25, 0.3) is 0 Å². The number of carbonyl (C=O) groups excluding carboxylic acids is 1. The molecule has 0 heterocycles. The molecule has 1 saturated carbocycles. The smallest absolute Gasteiger partial charge is 0.236 e. The maximum Gasteiger partial charge on any atom is 0.236 e. The lowest BCUT2D eigenvalue weighted by Crippen LogP contribution is -2.44. The molecule has 1 atom stereocenters. The van der Waals surface area contributed by atoms with Crippen LogP contribution in [0.4, 0.5) is 0 Å². The van der Waals surface area contributed by atoms with Crippen molar-refractivity contribution in [2.75, 3.05) is 6.54 Å². The molecule has 1 amide bonds. The largest absolute Gasteiger partial charge is 0.354 e. The Labute approximate surface area is 141 Å². The molecule has 0 bridgehead atoms. The Morgan fingerprint density at radius 1 is 1.38 bits per heavy atom. The summed E-state index contributed by atoms with van der Waals surface area (Å²) in [5.41, 5.74) is 7.31. The summed E-state index contributed by atoms with van der Waals surface area (Å²) in [6.07, 6.45) is 2.97. The standard InChI is InChI=1S/C16H23BrN2O.ClH/c1-11(2)9-14(18)15(20)19-10-16(7-8-16)12-5-3-4-6-13(12)17;/h3-6,11,14H,7-10,18H2,1-2H3,(H,19,20);1H/t14-;/m0./s1. The van der Waals surface area contributed by atoms with Crippen LogP contribution in [0.5, 0.6) is 0 Å². The molecule has 2 rings (SSSR count). The van der Waals surface area contributed by atoms with Crippen LogP contribution in [0.2, 0.25) is 0 Å². The molecule has 0 spiro atoms. The number of nitrogens with one attached hydrogen (secondary N) is 1. The molecule has 118 valence electrons. The molecular formula is C16H24BrClN2O. The quantitative estimate of drug-likeness (QED) is 0.800. The molecule has 0 unspecified atom stereocenters. The highest BCUT2D eigenvalue weighted by atomic mass is 79.9. The van der Waals surface area contributed by atoms with E-state index in [4.69, 9.17) is 5.73 Å². The van der Waals surface area contributed by atoms with E-state index >= 15 is 0 Å². The minimum absolute atomic E-state index is 0. The van der Waals surface area contributed by atoms with Gasteiger partial charge in [-0.15, -0.1) is 12.4 Å². The lowest BCUT2D eigenvalue weighted by Gasteiger charge is -2.20. The third kappa shape index (κ3) is 4.70. The van der Waals surface area contributed by atoms with Gasteiger partial charge >= 0.3 is 0 Å². The normalized spacial score (nSPS) is 17.0. The zero-order chi connectivity index (χ0) is 14.8. The van der Waals surface area contributed by atoms with E-state index in [9.17, 15) is 4.79 Å². The minimum atomic E-state index is -0.398. The highest BCUT2D eigenvalue weighted by Gasteiger charge is 2.45. The monoisotopic (exact) mass is 374 g/mol. The van der Waals surface area contributed by atoms with Crippen LogP contribution in [0.3, 0.4) is 0 Å². The number of amides is 1. The van der Waals surface area contributed by atoms with Gasteiger partial charge in [-0.1, -0.05) is 48.0 Å². The fraction of sp³-hybridized carbons (Fsp3) is 0.562. The lowest BCUT2D eigenvalue weighted by molar-refractivity contribution is -0.122. The minimum Gasteiger partial charge on any atom is -0.354 e. The van der Waals surface area contributed by atoms with Crippen molar-refractivity contribution in [2.45, 2.75) is 44.6 Å². The molecule has 21 heavy (non-hydrogen) atoms. The van der Waals surface area contributed by atoms with Gasteiger partial charge < -0.3 is 11.1 Å². The number of carbonyl (C=O) groups is 1. The Kier molecular flexibility index (Phi) is 6.70. The molecule has 1 aliphatic carbocycles. The van der Waals surface area contributed by atoms with Crippen molar-refractivity contribution in [3.63, 3.8) is 0 Å². The maximum absolute atomic E-state index is 12.0. The van der Waals surface area contributed by atoms with E-state index in [2.05, 4.69) is 47.2 Å². The van der Waals surface area contributed by atoms with Crippen LogP contribution in [-0.4, -0.2) is 18.5 Å². The van der Waals surface area contributed by atoms with Crippen molar-refractivity contribution in [1.29, 1.82) is 0 Å². The summed E-state index contributed by atoms with van der Waals surface area (Å²) in [6, 6.07) is 7.86. The van der Waals surface area contributed by atoms with Crippen molar-refractivity contribution in [2.24, 2.45) is 11.7 Å². The van der Waals surface area contributed by atoms with Gasteiger partial charge in [0.25, 0.3) is 0 Å². The van der Waals surface area contributed by atoms with E-state index in [0.717, 1.165) is 23.7 Å². The van der Waals surface area contributed by atoms with Crippen molar-refractivity contribution in [3.8, 4) is 0 Å². The van der Waals surface area contributed by atoms with Gasteiger partial charge in [0.15, 0.2) is 0 Å². The molecule has 1 fully saturated rings. The summed E-state index contributed by atoms with van der Waals surface area (Å²) in [5.74, 6) is 0.408. The third-order valence-electron chi connectivity index (χ3n) is 3.96. The Morgan fingerprint density at radius 2 is 2.00 bits per heavy atom. The van der Waals surface area contributed by atoms with Crippen LogP contribution in [0, 0.1) is 5.92 Å². The predicted molar refractivity (Wildman–Crippen MR) is 92.7 cm³/mol. The van der Waals surface area contributed by atoms with Crippen molar-refractivity contribution in [3.05, 3.63) is 34.3 Å². The topological polar surface area (TPSA) is 55.1 Å². The van der Waals surface area contributed by atoms with Crippen molar-refractivity contribution >= 4 is 34.2 Å². The summed E-state index contributed by atoms with van der Waals surface area (Å²) in [7, 11) is 0. The average molecular weight is 376 g/mol. The van der Waals surface area contributed by atoms with Crippen molar-refractivity contribution < 1.29 is 4.79 Å². The van der Waals surface area contributed by atoms with Crippen LogP contribution in [-0.2, 0) is 10.2 Å². The summed E-state index contributed by atoms with van der Waals surface area (Å²) >= 11 is 3.60. The lowest BCUT2D eigenvalue weighted by atomic mass is 9.95. The molecule has 0 aromatic heterocycles. The molecule has 3 nitrogen and oxygen atoms in total. The summed E-state index contributed by atoms with van der Waals surface area (Å²) < 4.78 is 1.12. The third-order valence-corrected chi connectivity index (χ3v) is 4.65. The zero-order valence-electron chi connectivity index (χ0n) is 12.6. The first-order valence-corrected chi connectivity index (χ1v) is 8.02.